The fourth-order valence-corrected chi connectivity index (χ4v) is 5.79. The standard InChI is InChI=1S/C28H36N8O5/c1-17(36(15-18-8-4-2-5-9-18)28(39)40-16-19-10-6-3-7-11-19)23-13-12-20(29)27(41-23)24-21(32-34-30)14-22(33-35-31)25(37)26(24)38/h2-11,17,20-27,37-38H,12-16,29H2,1H3/t17-,20-,21?,22?,23+,24-,25+,26+,27?/m1/s1. The van der Waals surface area contributed by atoms with E-state index in [1.807, 2.05) is 67.6 Å². The van der Waals surface area contributed by atoms with Crippen LogP contribution in [0, 0.1) is 5.92 Å². The third kappa shape index (κ3) is 7.28. The van der Waals surface area contributed by atoms with Crippen LogP contribution in [-0.2, 0) is 22.6 Å². The quantitative estimate of drug-likeness (QED) is 0.231. The lowest BCUT2D eigenvalue weighted by molar-refractivity contribution is -0.163. The number of aliphatic hydroxyl groups is 2. The Morgan fingerprint density at radius 2 is 1.63 bits per heavy atom. The first kappa shape index (κ1) is 30.1. The van der Waals surface area contributed by atoms with Crippen LogP contribution in [0.25, 0.3) is 20.9 Å². The van der Waals surface area contributed by atoms with Gasteiger partial charge >= 0.3 is 6.09 Å². The van der Waals surface area contributed by atoms with Gasteiger partial charge in [-0.2, -0.15) is 0 Å². The number of nitrogens with zero attached hydrogens (tertiary/aromatic N) is 7. The van der Waals surface area contributed by atoms with Gasteiger partial charge in [0.25, 0.3) is 0 Å². The number of azide groups is 2. The van der Waals surface area contributed by atoms with Crippen LogP contribution < -0.4 is 5.73 Å². The number of carbonyl (C=O) groups is 1. The van der Waals surface area contributed by atoms with E-state index in [9.17, 15) is 20.5 Å². The predicted molar refractivity (Wildman–Crippen MR) is 150 cm³/mol. The maximum absolute atomic E-state index is 13.4. The zero-order valence-electron chi connectivity index (χ0n) is 22.8. The number of hydrogen-bond donors (Lipinski definition) is 3. The lowest BCUT2D eigenvalue weighted by atomic mass is 9.72. The van der Waals surface area contributed by atoms with E-state index in [1.165, 1.54) is 0 Å². The molecule has 2 aromatic carbocycles. The number of aliphatic hydroxyl groups excluding tert-OH is 2. The van der Waals surface area contributed by atoms with Crippen molar-refractivity contribution in [3.63, 3.8) is 0 Å². The molecule has 218 valence electrons. The van der Waals surface area contributed by atoms with Crippen LogP contribution in [0.5, 0.6) is 0 Å². The van der Waals surface area contributed by atoms with Gasteiger partial charge in [0.1, 0.15) is 6.61 Å². The maximum Gasteiger partial charge on any atom is 0.410 e. The van der Waals surface area contributed by atoms with Crippen LogP contribution in [0.15, 0.2) is 70.9 Å². The van der Waals surface area contributed by atoms with Crippen molar-refractivity contribution in [2.75, 3.05) is 0 Å². The number of amides is 1. The van der Waals surface area contributed by atoms with E-state index >= 15 is 0 Å². The second kappa shape index (κ2) is 14.2. The summed E-state index contributed by atoms with van der Waals surface area (Å²) >= 11 is 0. The second-order valence-corrected chi connectivity index (χ2v) is 10.6. The van der Waals surface area contributed by atoms with E-state index in [0.717, 1.165) is 11.1 Å². The number of nitrogens with two attached hydrogens (primary N) is 1. The average molecular weight is 565 g/mol. The minimum Gasteiger partial charge on any atom is -0.445 e. The highest BCUT2D eigenvalue weighted by Gasteiger charge is 2.50. The first-order chi connectivity index (χ1) is 19.8. The third-order valence-corrected chi connectivity index (χ3v) is 8.05. The van der Waals surface area contributed by atoms with Crippen LogP contribution in [0.2, 0.25) is 0 Å². The molecular formula is C28H36N8O5. The smallest absolute Gasteiger partial charge is 0.410 e. The molecule has 3 unspecified atom stereocenters. The molecule has 1 saturated carbocycles. The molecule has 2 fully saturated rings. The molecule has 1 aliphatic carbocycles. The largest absolute Gasteiger partial charge is 0.445 e. The Labute approximate surface area is 238 Å². The van der Waals surface area contributed by atoms with Crippen LogP contribution >= 0.6 is 0 Å². The van der Waals surface area contributed by atoms with Crippen LogP contribution in [-0.4, -0.2) is 69.8 Å². The van der Waals surface area contributed by atoms with Crippen molar-refractivity contribution >= 4 is 6.09 Å². The van der Waals surface area contributed by atoms with Crippen molar-refractivity contribution in [2.45, 2.75) is 87.9 Å². The summed E-state index contributed by atoms with van der Waals surface area (Å²) in [7, 11) is 0. The molecular weight excluding hydrogens is 528 g/mol. The number of hydrogen-bond acceptors (Lipinski definition) is 8. The van der Waals surface area contributed by atoms with Gasteiger partial charge in [0.2, 0.25) is 0 Å². The van der Waals surface area contributed by atoms with Crippen LogP contribution in [0.3, 0.4) is 0 Å². The predicted octanol–water partition coefficient (Wildman–Crippen LogP) is 4.19. The van der Waals surface area contributed by atoms with Crippen molar-refractivity contribution in [3.05, 3.63) is 92.7 Å². The van der Waals surface area contributed by atoms with E-state index in [2.05, 4.69) is 20.1 Å². The molecule has 4 N–H and O–H groups in total. The molecule has 0 radical (unpaired) electrons. The molecule has 1 aliphatic heterocycles. The van der Waals surface area contributed by atoms with E-state index in [4.69, 9.17) is 20.7 Å². The van der Waals surface area contributed by atoms with Gasteiger partial charge in [-0.25, -0.2) is 4.79 Å². The zero-order valence-corrected chi connectivity index (χ0v) is 22.8. The highest BCUT2D eigenvalue weighted by molar-refractivity contribution is 5.68. The zero-order chi connectivity index (χ0) is 29.4. The number of ether oxygens (including phenoxy) is 2. The fourth-order valence-electron chi connectivity index (χ4n) is 5.79. The first-order valence-electron chi connectivity index (χ1n) is 13.7. The minimum absolute atomic E-state index is 0.0375. The van der Waals surface area contributed by atoms with Gasteiger partial charge in [0.15, 0.2) is 0 Å². The van der Waals surface area contributed by atoms with Gasteiger partial charge < -0.3 is 25.4 Å². The first-order valence-corrected chi connectivity index (χ1v) is 13.7. The highest BCUT2D eigenvalue weighted by Crippen LogP contribution is 2.38. The molecule has 13 nitrogen and oxygen atoms in total. The summed E-state index contributed by atoms with van der Waals surface area (Å²) in [5, 5.41) is 29.1. The Bertz CT molecular complexity index is 1240. The SMILES string of the molecule is C[C@H]([C@@H]1CC[C@@H](N)C([C@@H]2C(N=[N+]=[N-])CC(N=[N+]=[N-])[C@H](O)[C@H]2O)O1)N(Cc1ccccc1)C(=O)OCc1ccccc1. The van der Waals surface area contributed by atoms with E-state index in [-0.39, 0.29) is 19.6 Å². The number of carbonyl (C=O) groups excluding carboxylic acids is 1. The number of rotatable bonds is 9. The van der Waals surface area contributed by atoms with Gasteiger partial charge in [-0.1, -0.05) is 70.9 Å². The summed E-state index contributed by atoms with van der Waals surface area (Å²) in [6.45, 7) is 2.27. The van der Waals surface area contributed by atoms with Gasteiger partial charge in [0.05, 0.1) is 36.5 Å². The van der Waals surface area contributed by atoms with Crippen LogP contribution in [0.1, 0.15) is 37.3 Å². The normalized spacial score (nSPS) is 30.2. The Morgan fingerprint density at radius 1 is 1.02 bits per heavy atom. The monoisotopic (exact) mass is 564 g/mol. The van der Waals surface area contributed by atoms with Crippen molar-refractivity contribution in [1.29, 1.82) is 0 Å². The molecule has 0 aromatic heterocycles. The maximum atomic E-state index is 13.4. The summed E-state index contributed by atoms with van der Waals surface area (Å²) in [5.74, 6) is -0.844. The molecule has 1 heterocycles. The summed E-state index contributed by atoms with van der Waals surface area (Å²) in [4.78, 5) is 20.7. The van der Waals surface area contributed by atoms with Gasteiger partial charge in [-0.3, -0.25) is 4.90 Å². The van der Waals surface area contributed by atoms with Crippen molar-refractivity contribution in [1.82, 2.24) is 4.90 Å². The molecule has 9 atom stereocenters. The Morgan fingerprint density at radius 3 is 2.27 bits per heavy atom. The van der Waals surface area contributed by atoms with E-state index in [1.54, 1.807) is 4.90 Å². The van der Waals surface area contributed by atoms with Gasteiger partial charge in [-0.05, 0) is 48.4 Å². The summed E-state index contributed by atoms with van der Waals surface area (Å²) < 4.78 is 12.2. The molecule has 1 amide bonds. The lowest BCUT2D eigenvalue weighted by Gasteiger charge is -2.48. The molecule has 1 saturated heterocycles. The highest BCUT2D eigenvalue weighted by atomic mass is 16.6. The Kier molecular flexibility index (Phi) is 10.4. The molecule has 0 bridgehead atoms. The second-order valence-electron chi connectivity index (χ2n) is 10.6. The van der Waals surface area contributed by atoms with E-state index < -0.39 is 60.6 Å². The number of benzene rings is 2. The fraction of sp³-hybridized carbons (Fsp3) is 0.536. The van der Waals surface area contributed by atoms with Crippen molar-refractivity contribution < 1.29 is 24.5 Å². The Hall–Kier alpha value is -3.83. The topological polar surface area (TPSA) is 203 Å². The molecule has 2 aliphatic rings. The molecule has 2 aromatic rings. The molecule has 0 spiro atoms. The van der Waals surface area contributed by atoms with Gasteiger partial charge in [-0.15, -0.1) is 0 Å². The third-order valence-electron chi connectivity index (χ3n) is 8.05. The minimum atomic E-state index is -1.41. The van der Waals surface area contributed by atoms with Crippen LogP contribution in [0.4, 0.5) is 4.79 Å². The average Bonchev–Trinajstić information content (AvgIpc) is 2.99. The summed E-state index contributed by atoms with van der Waals surface area (Å²) in [6, 6.07) is 16.2. The summed E-state index contributed by atoms with van der Waals surface area (Å²) in [6.07, 6.45) is -3.48. The summed E-state index contributed by atoms with van der Waals surface area (Å²) in [5.41, 5.74) is 26.3. The lowest BCUT2D eigenvalue weighted by Crippen LogP contribution is -2.62. The molecule has 13 heteroatoms. The van der Waals surface area contributed by atoms with Crippen molar-refractivity contribution in [3.8, 4) is 0 Å². The van der Waals surface area contributed by atoms with Gasteiger partial charge in [0, 0.05) is 34.4 Å². The van der Waals surface area contributed by atoms with E-state index in [0.29, 0.717) is 12.8 Å². The molecule has 41 heavy (non-hydrogen) atoms. The van der Waals surface area contributed by atoms with Crippen molar-refractivity contribution in [2.24, 2.45) is 21.9 Å². The molecule has 4 rings (SSSR count). The Balaban J connectivity index is 1.55.